The summed E-state index contributed by atoms with van der Waals surface area (Å²) in [5.41, 5.74) is 12.0. The minimum Gasteiger partial charge on any atom is -1.00 e. The van der Waals surface area contributed by atoms with Crippen molar-refractivity contribution in [3.63, 3.8) is 0 Å². The molecule has 0 saturated carbocycles. The predicted molar refractivity (Wildman–Crippen MR) is 118 cm³/mol. The number of halogens is 2. The molecule has 2 aliphatic carbocycles. The van der Waals surface area contributed by atoms with Gasteiger partial charge in [0.2, 0.25) is 0 Å². The first-order chi connectivity index (χ1) is 14.2. The molecule has 2 atom stereocenters. The quantitative estimate of drug-likeness (QED) is 0.349. The number of benzene rings is 4. The number of hydrogen-bond acceptors (Lipinski definition) is 0. The van der Waals surface area contributed by atoms with Crippen LogP contribution in [0.5, 0.6) is 0 Å². The smallest absolute Gasteiger partial charge is 1.00 e. The van der Waals surface area contributed by atoms with Crippen LogP contribution in [0.4, 0.5) is 0 Å². The van der Waals surface area contributed by atoms with E-state index in [1.165, 1.54) is 33.4 Å². The minimum absolute atomic E-state index is 0. The molecular weight excluding hydrogens is 498 g/mol. The largest absolute Gasteiger partial charge is 1.00 e. The van der Waals surface area contributed by atoms with E-state index in [-0.39, 0.29) is 24.8 Å². The van der Waals surface area contributed by atoms with Crippen LogP contribution in [0.25, 0.3) is 22.3 Å². The van der Waals surface area contributed by atoms with E-state index in [9.17, 15) is 0 Å². The molecule has 2 aliphatic rings. The van der Waals surface area contributed by atoms with Crippen LogP contribution in [0.3, 0.4) is 0 Å². The second-order valence-electron chi connectivity index (χ2n) is 8.28. The third kappa shape index (κ3) is 3.37. The zero-order valence-electron chi connectivity index (χ0n) is 17.5. The molecule has 6 rings (SSSR count). The van der Waals surface area contributed by atoms with Crippen LogP contribution >= 0.6 is 0 Å². The van der Waals surface area contributed by atoms with Gasteiger partial charge in [0.1, 0.15) is 0 Å². The molecule has 0 amide bonds. The molecule has 0 aliphatic heterocycles. The molecule has 152 valence electrons. The van der Waals surface area contributed by atoms with Gasteiger partial charge < -0.3 is 24.8 Å². The molecule has 0 aromatic heterocycles. The Kier molecular flexibility index (Phi) is 6.33. The average molecular weight is 521 g/mol. The van der Waals surface area contributed by atoms with Gasteiger partial charge >= 0.3 is 185 Å². The van der Waals surface area contributed by atoms with E-state index >= 15 is 0 Å². The normalized spacial score (nSPS) is 16.7. The minimum atomic E-state index is -0.923. The maximum absolute atomic E-state index is 2.42. The molecular formula is C28H22Cl2Zr. The van der Waals surface area contributed by atoms with Gasteiger partial charge in [-0.15, -0.1) is 0 Å². The Morgan fingerprint density at radius 1 is 0.484 bits per heavy atom. The van der Waals surface area contributed by atoms with Crippen molar-refractivity contribution in [2.75, 3.05) is 0 Å². The van der Waals surface area contributed by atoms with Crippen molar-refractivity contribution < 1.29 is 48.0 Å². The molecule has 0 N–H and O–H groups in total. The van der Waals surface area contributed by atoms with E-state index in [1.54, 1.807) is 17.7 Å². The summed E-state index contributed by atoms with van der Waals surface area (Å²) in [6.45, 7) is 4.78. The standard InChI is InChI=1S/2C14H11.2ClH.Zr/c2*1-10-11-6-2-4-8-13(11)14-9-5-3-7-12(10)14;;;/h2*2-6,8-10H,1H3;2*1H;/q;;;;+2/p-2. The van der Waals surface area contributed by atoms with Gasteiger partial charge in [-0.3, -0.25) is 0 Å². The summed E-state index contributed by atoms with van der Waals surface area (Å²) in [5, 5.41) is 0. The Morgan fingerprint density at radius 3 is 1.32 bits per heavy atom. The van der Waals surface area contributed by atoms with E-state index in [0.717, 1.165) is 0 Å². The summed E-state index contributed by atoms with van der Waals surface area (Å²) in [7, 11) is 0. The number of hydrogen-bond donors (Lipinski definition) is 0. The first-order valence-corrected chi connectivity index (χ1v) is 12.9. The van der Waals surface area contributed by atoms with Gasteiger partial charge in [-0.2, -0.15) is 0 Å². The molecule has 0 saturated heterocycles. The van der Waals surface area contributed by atoms with Crippen molar-refractivity contribution in [2.24, 2.45) is 0 Å². The molecule has 2 unspecified atom stereocenters. The maximum Gasteiger partial charge on any atom is -1.00 e. The molecule has 0 nitrogen and oxygen atoms in total. The molecule has 0 spiro atoms. The number of rotatable bonds is 2. The Hall–Kier alpha value is -1.66. The van der Waals surface area contributed by atoms with Gasteiger partial charge in [-0.25, -0.2) is 0 Å². The molecule has 4 aromatic carbocycles. The van der Waals surface area contributed by atoms with Crippen molar-refractivity contribution in [2.45, 2.75) is 25.7 Å². The van der Waals surface area contributed by atoms with E-state index in [2.05, 4.69) is 98.8 Å². The van der Waals surface area contributed by atoms with Crippen LogP contribution in [0.15, 0.2) is 84.9 Å². The van der Waals surface area contributed by atoms with Gasteiger partial charge in [0.05, 0.1) is 0 Å². The summed E-state index contributed by atoms with van der Waals surface area (Å²) in [5.74, 6) is 1.01. The summed E-state index contributed by atoms with van der Waals surface area (Å²) in [4.78, 5) is 0. The van der Waals surface area contributed by atoms with Crippen LogP contribution in [0, 0.1) is 0 Å². The van der Waals surface area contributed by atoms with Gasteiger partial charge in [-0.1, -0.05) is 0 Å². The second kappa shape index (κ2) is 8.70. The SMILES string of the molecule is CC1c2ccccc2-c2ccc[c]([Zr+2][c]3cccc4c3C(C)c3ccccc3-4)c21.[Cl-].[Cl-]. The van der Waals surface area contributed by atoms with Gasteiger partial charge in [0.25, 0.3) is 0 Å². The van der Waals surface area contributed by atoms with E-state index in [4.69, 9.17) is 0 Å². The van der Waals surface area contributed by atoms with E-state index in [1.807, 2.05) is 0 Å². The van der Waals surface area contributed by atoms with Gasteiger partial charge in [-0.05, 0) is 0 Å². The van der Waals surface area contributed by atoms with Crippen molar-refractivity contribution in [3.8, 4) is 22.3 Å². The molecule has 0 bridgehead atoms. The molecule has 3 heteroatoms. The fraction of sp³-hybridized carbons (Fsp3) is 0.143. The van der Waals surface area contributed by atoms with Crippen LogP contribution in [-0.4, -0.2) is 0 Å². The van der Waals surface area contributed by atoms with Crippen LogP contribution in [0.2, 0.25) is 0 Å². The molecule has 0 radical (unpaired) electrons. The van der Waals surface area contributed by atoms with Crippen LogP contribution in [0.1, 0.15) is 47.9 Å². The zero-order chi connectivity index (χ0) is 19.5. The van der Waals surface area contributed by atoms with E-state index < -0.39 is 23.2 Å². The Bertz CT molecular complexity index is 1180. The summed E-state index contributed by atoms with van der Waals surface area (Å²) in [6, 6.07) is 32.0. The Labute approximate surface area is 208 Å². The third-order valence-electron chi connectivity index (χ3n) is 6.78. The summed E-state index contributed by atoms with van der Waals surface area (Å²) >= 11 is -0.923. The van der Waals surface area contributed by atoms with Crippen molar-refractivity contribution in [3.05, 3.63) is 107 Å². The average Bonchev–Trinajstić information content (AvgIpc) is 3.23. The Balaban J connectivity index is 0.00000116. The van der Waals surface area contributed by atoms with Crippen molar-refractivity contribution >= 4 is 6.54 Å². The molecule has 4 aromatic rings. The Morgan fingerprint density at radius 2 is 0.871 bits per heavy atom. The summed E-state index contributed by atoms with van der Waals surface area (Å²) in [6.07, 6.45) is 0. The van der Waals surface area contributed by atoms with Gasteiger partial charge in [0, 0.05) is 0 Å². The first kappa shape index (κ1) is 22.5. The fourth-order valence-corrected chi connectivity index (χ4v) is 9.43. The topological polar surface area (TPSA) is 0 Å². The second-order valence-corrected chi connectivity index (χ2v) is 11.5. The van der Waals surface area contributed by atoms with Gasteiger partial charge in [0.15, 0.2) is 0 Å². The third-order valence-corrected chi connectivity index (χ3v) is 10.3. The molecule has 0 fully saturated rings. The predicted octanol–water partition coefficient (Wildman–Crippen LogP) is -0.00770. The van der Waals surface area contributed by atoms with Crippen molar-refractivity contribution in [1.82, 2.24) is 0 Å². The van der Waals surface area contributed by atoms with Crippen molar-refractivity contribution in [1.29, 1.82) is 0 Å². The first-order valence-electron chi connectivity index (χ1n) is 10.5. The molecule has 0 heterocycles. The monoisotopic (exact) mass is 518 g/mol. The maximum atomic E-state index is 2.42. The van der Waals surface area contributed by atoms with E-state index in [0.29, 0.717) is 11.8 Å². The van der Waals surface area contributed by atoms with Crippen LogP contribution < -0.4 is 31.4 Å². The summed E-state index contributed by atoms with van der Waals surface area (Å²) < 4.78 is 3.29. The fourth-order valence-electron chi connectivity index (χ4n) is 5.45. The zero-order valence-corrected chi connectivity index (χ0v) is 21.5. The number of fused-ring (bicyclic) bond motifs is 6. The molecule has 31 heavy (non-hydrogen) atoms. The van der Waals surface area contributed by atoms with Crippen LogP contribution in [-0.2, 0) is 23.2 Å².